The number of aromatic nitrogens is 2. The van der Waals surface area contributed by atoms with Crippen LogP contribution in [0.3, 0.4) is 0 Å². The third-order valence-corrected chi connectivity index (χ3v) is 4.84. The van der Waals surface area contributed by atoms with Gasteiger partial charge in [-0.25, -0.2) is 4.98 Å². The molecule has 24 heavy (non-hydrogen) atoms. The number of ether oxygens (including phenoxy) is 1. The predicted octanol–water partition coefficient (Wildman–Crippen LogP) is 1.41. The lowest BCUT2D eigenvalue weighted by atomic mass is 9.85. The number of H-pyrrole nitrogens is 1. The Balaban J connectivity index is 1.59. The van der Waals surface area contributed by atoms with Crippen molar-refractivity contribution in [3.05, 3.63) is 57.8 Å². The van der Waals surface area contributed by atoms with Crippen molar-refractivity contribution in [2.45, 2.75) is 37.3 Å². The van der Waals surface area contributed by atoms with Crippen molar-refractivity contribution in [3.63, 3.8) is 0 Å². The van der Waals surface area contributed by atoms with Crippen LogP contribution in [0.25, 0.3) is 0 Å². The molecule has 0 saturated heterocycles. The van der Waals surface area contributed by atoms with Crippen LogP contribution in [0.1, 0.15) is 42.3 Å². The van der Waals surface area contributed by atoms with Crippen molar-refractivity contribution in [3.8, 4) is 5.75 Å². The molecule has 0 radical (unpaired) electrons. The number of benzene rings is 1. The van der Waals surface area contributed by atoms with Crippen LogP contribution >= 0.6 is 0 Å². The van der Waals surface area contributed by atoms with Gasteiger partial charge in [0.25, 0.3) is 5.56 Å². The van der Waals surface area contributed by atoms with E-state index in [1.54, 1.807) is 0 Å². The average Bonchev–Trinajstić information content (AvgIpc) is 3.44. The van der Waals surface area contributed by atoms with Gasteiger partial charge in [0, 0.05) is 30.5 Å². The number of aliphatic hydroxyl groups is 1. The van der Waals surface area contributed by atoms with E-state index in [4.69, 9.17) is 4.74 Å². The van der Waals surface area contributed by atoms with Crippen LogP contribution in [0.2, 0.25) is 0 Å². The maximum absolute atomic E-state index is 11.8. The largest absolute Gasteiger partial charge is 0.493 e. The standard InChI is InChI=1S/C18H21N3O3/c22-11-18(7-8-24-15-4-2-1-3-14(15)18)19-10-13-9-16(23)21-17(20-13)12-5-6-12/h1-4,9,12,19,22H,5-8,10-11H2,(H,20,21,23). The zero-order valence-corrected chi connectivity index (χ0v) is 13.4. The van der Waals surface area contributed by atoms with Gasteiger partial charge in [0.2, 0.25) is 0 Å². The lowest BCUT2D eigenvalue weighted by molar-refractivity contribution is 0.105. The van der Waals surface area contributed by atoms with Gasteiger partial charge in [-0.1, -0.05) is 18.2 Å². The van der Waals surface area contributed by atoms with Crippen LogP contribution in [0.5, 0.6) is 5.75 Å². The van der Waals surface area contributed by atoms with Gasteiger partial charge in [-0.2, -0.15) is 0 Å². The highest BCUT2D eigenvalue weighted by Crippen LogP contribution is 2.38. The van der Waals surface area contributed by atoms with Gasteiger partial charge in [-0.15, -0.1) is 0 Å². The van der Waals surface area contributed by atoms with E-state index in [1.807, 2.05) is 24.3 Å². The van der Waals surface area contributed by atoms with Crippen LogP contribution < -0.4 is 15.6 Å². The molecule has 4 rings (SSSR count). The molecule has 126 valence electrons. The minimum Gasteiger partial charge on any atom is -0.493 e. The molecule has 2 aliphatic rings. The van der Waals surface area contributed by atoms with Gasteiger partial charge >= 0.3 is 0 Å². The van der Waals surface area contributed by atoms with Crippen molar-refractivity contribution in [2.24, 2.45) is 0 Å². The molecule has 0 amide bonds. The minimum absolute atomic E-state index is 0.0357. The molecule has 1 atom stereocenters. The number of aliphatic hydroxyl groups excluding tert-OH is 1. The number of nitrogens with one attached hydrogen (secondary N) is 2. The summed E-state index contributed by atoms with van der Waals surface area (Å²) >= 11 is 0. The smallest absolute Gasteiger partial charge is 0.251 e. The number of hydrogen-bond donors (Lipinski definition) is 3. The van der Waals surface area contributed by atoms with Gasteiger partial charge in [0.1, 0.15) is 11.6 Å². The molecule has 1 aromatic carbocycles. The highest BCUT2D eigenvalue weighted by Gasteiger charge is 2.37. The van der Waals surface area contributed by atoms with Crippen LogP contribution in [-0.4, -0.2) is 28.3 Å². The molecule has 1 aliphatic heterocycles. The third-order valence-electron chi connectivity index (χ3n) is 4.84. The topological polar surface area (TPSA) is 87.2 Å². The Hall–Kier alpha value is -2.18. The van der Waals surface area contributed by atoms with E-state index >= 15 is 0 Å². The van der Waals surface area contributed by atoms with Crippen molar-refractivity contribution >= 4 is 0 Å². The number of aromatic amines is 1. The van der Waals surface area contributed by atoms with E-state index in [9.17, 15) is 9.90 Å². The van der Waals surface area contributed by atoms with E-state index in [-0.39, 0.29) is 12.2 Å². The highest BCUT2D eigenvalue weighted by atomic mass is 16.5. The minimum atomic E-state index is -0.571. The first-order valence-corrected chi connectivity index (χ1v) is 8.38. The molecule has 1 fully saturated rings. The van der Waals surface area contributed by atoms with Gasteiger partial charge < -0.3 is 14.8 Å². The molecule has 1 aliphatic carbocycles. The second-order valence-corrected chi connectivity index (χ2v) is 6.58. The molecule has 1 aromatic heterocycles. The molecule has 0 spiro atoms. The second kappa shape index (κ2) is 6.03. The third kappa shape index (κ3) is 2.83. The Kier molecular flexibility index (Phi) is 3.86. The first kappa shape index (κ1) is 15.4. The number of fused-ring (bicyclic) bond motifs is 1. The van der Waals surface area contributed by atoms with E-state index in [0.717, 1.165) is 30.0 Å². The molecule has 6 heteroatoms. The van der Waals surface area contributed by atoms with E-state index < -0.39 is 5.54 Å². The molecule has 2 aromatic rings. The summed E-state index contributed by atoms with van der Waals surface area (Å²) in [6, 6.07) is 9.27. The van der Waals surface area contributed by atoms with Crippen LogP contribution in [0, 0.1) is 0 Å². The highest BCUT2D eigenvalue weighted by molar-refractivity contribution is 5.41. The Morgan fingerprint density at radius 3 is 3.00 bits per heavy atom. The predicted molar refractivity (Wildman–Crippen MR) is 89.0 cm³/mol. The number of para-hydroxylation sites is 1. The van der Waals surface area contributed by atoms with Gasteiger partial charge in [0.15, 0.2) is 0 Å². The maximum Gasteiger partial charge on any atom is 0.251 e. The quantitative estimate of drug-likeness (QED) is 0.773. The van der Waals surface area contributed by atoms with Crippen molar-refractivity contribution in [2.75, 3.05) is 13.2 Å². The van der Waals surface area contributed by atoms with Crippen LogP contribution in [0.15, 0.2) is 35.1 Å². The molecule has 3 N–H and O–H groups in total. The molecular weight excluding hydrogens is 306 g/mol. The fourth-order valence-corrected chi connectivity index (χ4v) is 3.29. The summed E-state index contributed by atoms with van der Waals surface area (Å²) in [5, 5.41) is 13.5. The van der Waals surface area contributed by atoms with Gasteiger partial charge in [0.05, 0.1) is 24.4 Å². The summed E-state index contributed by atoms with van der Waals surface area (Å²) in [5.41, 5.74) is 0.969. The number of rotatable bonds is 5. The Morgan fingerprint density at radius 1 is 1.38 bits per heavy atom. The molecule has 1 saturated carbocycles. The zero-order chi connectivity index (χ0) is 16.6. The molecular formula is C18H21N3O3. The van der Waals surface area contributed by atoms with E-state index in [1.165, 1.54) is 6.07 Å². The Morgan fingerprint density at radius 2 is 2.21 bits per heavy atom. The fourth-order valence-electron chi connectivity index (χ4n) is 3.29. The Bertz CT molecular complexity index is 800. The summed E-state index contributed by atoms with van der Waals surface area (Å²) in [4.78, 5) is 19.2. The zero-order valence-electron chi connectivity index (χ0n) is 13.4. The maximum atomic E-state index is 11.8. The summed E-state index contributed by atoms with van der Waals surface area (Å²) < 4.78 is 5.69. The molecule has 1 unspecified atom stereocenters. The second-order valence-electron chi connectivity index (χ2n) is 6.58. The molecule has 6 nitrogen and oxygen atoms in total. The molecule has 0 bridgehead atoms. The van der Waals surface area contributed by atoms with Crippen LogP contribution in [-0.2, 0) is 12.1 Å². The Labute approximate surface area is 139 Å². The summed E-state index contributed by atoms with van der Waals surface area (Å²) in [5.74, 6) is 1.97. The van der Waals surface area contributed by atoms with Crippen molar-refractivity contribution in [1.82, 2.24) is 15.3 Å². The average molecular weight is 327 g/mol. The van der Waals surface area contributed by atoms with Gasteiger partial charge in [-0.05, 0) is 18.9 Å². The monoisotopic (exact) mass is 327 g/mol. The van der Waals surface area contributed by atoms with E-state index in [2.05, 4.69) is 15.3 Å². The first-order valence-electron chi connectivity index (χ1n) is 8.38. The summed E-state index contributed by atoms with van der Waals surface area (Å²) in [6.07, 6.45) is 2.84. The lowest BCUT2D eigenvalue weighted by Crippen LogP contribution is -2.48. The van der Waals surface area contributed by atoms with Crippen molar-refractivity contribution in [1.29, 1.82) is 0 Å². The number of nitrogens with zero attached hydrogens (tertiary/aromatic N) is 1. The van der Waals surface area contributed by atoms with Crippen molar-refractivity contribution < 1.29 is 9.84 Å². The molecule has 2 heterocycles. The van der Waals surface area contributed by atoms with E-state index in [0.29, 0.717) is 31.2 Å². The SMILES string of the molecule is O=c1cc(CNC2(CO)CCOc3ccccc32)nc(C2CC2)[nH]1. The number of hydrogen-bond acceptors (Lipinski definition) is 5. The summed E-state index contributed by atoms with van der Waals surface area (Å²) in [7, 11) is 0. The lowest BCUT2D eigenvalue weighted by Gasteiger charge is -2.38. The first-order chi connectivity index (χ1) is 11.7. The fraction of sp³-hybridized carbons (Fsp3) is 0.444. The van der Waals surface area contributed by atoms with Crippen LogP contribution in [0.4, 0.5) is 0 Å². The van der Waals surface area contributed by atoms with Gasteiger partial charge in [-0.3, -0.25) is 10.1 Å². The summed E-state index contributed by atoms with van der Waals surface area (Å²) in [6.45, 7) is 0.936. The normalized spacial score (nSPS) is 22.7.